The summed E-state index contributed by atoms with van der Waals surface area (Å²) in [5.74, 6) is -1.19. The molecule has 2 aliphatic heterocycles. The van der Waals surface area contributed by atoms with Gasteiger partial charge in [-0.15, -0.1) is 0 Å². The van der Waals surface area contributed by atoms with E-state index in [1.807, 2.05) is 26.0 Å². The zero-order chi connectivity index (χ0) is 48.6. The third-order valence-electron chi connectivity index (χ3n) is 12.5. The Labute approximate surface area is 407 Å². The van der Waals surface area contributed by atoms with Crippen LogP contribution in [0.5, 0.6) is 5.75 Å². The molecule has 14 nitrogen and oxygen atoms in total. The van der Waals surface area contributed by atoms with Gasteiger partial charge in [0.25, 0.3) is 0 Å². The van der Waals surface area contributed by atoms with Gasteiger partial charge in [0, 0.05) is 6.61 Å². The van der Waals surface area contributed by atoms with Gasteiger partial charge in [0.2, 0.25) is 0 Å². The molecule has 17 heteroatoms. The molecular formula is C51H72ClFN5O9P. The standard InChI is InChI=1S/C51H72ClFN5O9P/c1-6-7-8-9-10-11-12-13-14-15-16-17-18-19-20-23-28-60-34-50(4,61-33-39-29-38(32-54)30-40(53)31-39)35-62-68(59,67-44-25-22-21-24-41(44)52)63-36-51(5)47-46(64-49(2,3)66-47)45(65-51)42-26-27-43-48(55)56-37-57-58(42)43/h21-22,24-27,29-31,37,45-47H,6-20,23,28,33-36H2,1-5H3,(H2,55,56,57)/t45-,46-,47-,50+,51+,68?/m0/s1. The number of halogens is 2. The Bertz CT molecular complexity index is 2300. The normalized spacial score (nSPS) is 21.6. The maximum atomic E-state index is 15.0. The summed E-state index contributed by atoms with van der Waals surface area (Å²) < 4.78 is 81.7. The zero-order valence-electron chi connectivity index (χ0n) is 40.6. The monoisotopic (exact) mass is 983 g/mol. The van der Waals surface area contributed by atoms with Crippen LogP contribution in [0, 0.1) is 17.1 Å². The molecule has 374 valence electrons. The van der Waals surface area contributed by atoms with Gasteiger partial charge in [-0.05, 0) is 82.1 Å². The zero-order valence-corrected chi connectivity index (χ0v) is 42.2. The second-order valence-corrected chi connectivity index (χ2v) is 21.1. The number of rotatable bonds is 31. The number of hydrogen-bond acceptors (Lipinski definition) is 13. The lowest BCUT2D eigenvalue weighted by Gasteiger charge is -2.33. The second kappa shape index (κ2) is 25.4. The lowest BCUT2D eigenvalue weighted by molar-refractivity contribution is -0.212. The van der Waals surface area contributed by atoms with Gasteiger partial charge in [-0.2, -0.15) is 10.4 Å². The van der Waals surface area contributed by atoms with Crippen LogP contribution in [0.3, 0.4) is 0 Å². The third kappa shape index (κ3) is 15.4. The Kier molecular flexibility index (Phi) is 20.1. The van der Waals surface area contributed by atoms with Crippen LogP contribution in [0.15, 0.2) is 60.9 Å². The molecule has 2 fully saturated rings. The van der Waals surface area contributed by atoms with E-state index in [0.717, 1.165) is 25.3 Å². The van der Waals surface area contributed by atoms with E-state index in [0.29, 0.717) is 29.2 Å². The van der Waals surface area contributed by atoms with E-state index in [1.54, 1.807) is 54.8 Å². The molecule has 2 aromatic heterocycles. The Balaban J connectivity index is 1.08. The summed E-state index contributed by atoms with van der Waals surface area (Å²) in [7, 11) is -4.59. The van der Waals surface area contributed by atoms with Gasteiger partial charge >= 0.3 is 7.82 Å². The fourth-order valence-electron chi connectivity index (χ4n) is 8.81. The number of aromatic nitrogens is 3. The lowest BCUT2D eigenvalue weighted by atomic mass is 9.97. The average molecular weight is 985 g/mol. The summed E-state index contributed by atoms with van der Waals surface area (Å²) in [6, 6.07) is 16.2. The molecule has 4 aromatic rings. The van der Waals surface area contributed by atoms with E-state index in [-0.39, 0.29) is 42.8 Å². The van der Waals surface area contributed by atoms with Crippen molar-refractivity contribution in [3.05, 3.63) is 88.6 Å². The number of phosphoric acid groups is 1. The molecule has 0 amide bonds. The van der Waals surface area contributed by atoms with Crippen molar-refractivity contribution < 1.29 is 46.2 Å². The minimum absolute atomic E-state index is 0.0319. The van der Waals surface area contributed by atoms with Crippen molar-refractivity contribution >= 4 is 30.8 Å². The third-order valence-corrected chi connectivity index (χ3v) is 14.2. The number of nitrogen functional groups attached to an aromatic ring is 1. The summed E-state index contributed by atoms with van der Waals surface area (Å²) in [5.41, 5.74) is 5.46. The number of phosphoric ester groups is 1. The molecule has 2 aromatic carbocycles. The number of unbranched alkanes of at least 4 members (excludes halogenated alkanes) is 15. The van der Waals surface area contributed by atoms with Crippen LogP contribution in [-0.4, -0.2) is 70.2 Å². The van der Waals surface area contributed by atoms with E-state index in [9.17, 15) is 14.2 Å². The molecule has 0 bridgehead atoms. The fraction of sp³-hybridized carbons (Fsp3) is 0.627. The van der Waals surface area contributed by atoms with Gasteiger partial charge in [0.15, 0.2) is 11.6 Å². The maximum Gasteiger partial charge on any atom is 0.530 e. The minimum atomic E-state index is -4.59. The Morgan fingerprint density at radius 2 is 1.54 bits per heavy atom. The fourth-order valence-corrected chi connectivity index (χ4v) is 10.5. The molecule has 0 aliphatic carbocycles. The Morgan fingerprint density at radius 1 is 0.882 bits per heavy atom. The average Bonchev–Trinajstić information content (AvgIpc) is 3.97. The maximum absolute atomic E-state index is 15.0. The number of ether oxygens (including phenoxy) is 5. The lowest BCUT2D eigenvalue weighted by Crippen LogP contribution is -2.44. The van der Waals surface area contributed by atoms with Crippen LogP contribution >= 0.6 is 19.4 Å². The first kappa shape index (κ1) is 53.7. The number of para-hydroxylation sites is 1. The van der Waals surface area contributed by atoms with E-state index in [4.69, 9.17) is 54.6 Å². The quantitative estimate of drug-likeness (QED) is 0.0373. The van der Waals surface area contributed by atoms with Crippen LogP contribution in [0.2, 0.25) is 5.02 Å². The van der Waals surface area contributed by atoms with E-state index >= 15 is 0 Å². The number of benzene rings is 2. The van der Waals surface area contributed by atoms with Crippen molar-refractivity contribution in [1.82, 2.24) is 14.6 Å². The molecule has 1 unspecified atom stereocenters. The van der Waals surface area contributed by atoms with Crippen LogP contribution in [0.1, 0.15) is 160 Å². The van der Waals surface area contributed by atoms with Crippen molar-refractivity contribution in [3.63, 3.8) is 0 Å². The second-order valence-electron chi connectivity index (χ2n) is 19.1. The Morgan fingerprint density at radius 3 is 2.21 bits per heavy atom. The summed E-state index contributed by atoms with van der Waals surface area (Å²) >= 11 is 6.52. The number of fused-ring (bicyclic) bond motifs is 2. The SMILES string of the molecule is CCCCCCCCCCCCCCCCCCOC[C@](C)(COP(=O)(OC[C@@]1(C)O[C@@H](c2ccc3c(N)ncnn23)[C@@H]2OC(C)(C)O[C@@H]21)Oc1ccccc1Cl)OCc1cc(F)cc(C#N)c1. The molecule has 6 atom stereocenters. The van der Waals surface area contributed by atoms with Crippen LogP contribution < -0.4 is 10.3 Å². The molecule has 2 saturated heterocycles. The summed E-state index contributed by atoms with van der Waals surface area (Å²) in [6.45, 7) is 9.13. The summed E-state index contributed by atoms with van der Waals surface area (Å²) in [6.07, 6.45) is 19.6. The highest BCUT2D eigenvalue weighted by atomic mass is 35.5. The van der Waals surface area contributed by atoms with Gasteiger partial charge in [-0.1, -0.05) is 127 Å². The molecule has 0 radical (unpaired) electrons. The number of hydrogen-bond donors (Lipinski definition) is 1. The number of anilines is 1. The number of nitrogens with two attached hydrogens (primary N) is 1. The first-order valence-corrected chi connectivity index (χ1v) is 26.4. The van der Waals surface area contributed by atoms with Gasteiger partial charge in [-0.3, -0.25) is 9.05 Å². The molecule has 2 aliphatic rings. The molecular weight excluding hydrogens is 912 g/mol. The van der Waals surface area contributed by atoms with Crippen molar-refractivity contribution in [2.75, 3.05) is 32.2 Å². The molecule has 0 saturated carbocycles. The summed E-state index contributed by atoms with van der Waals surface area (Å²) in [4.78, 5) is 4.11. The molecule has 4 heterocycles. The number of nitriles is 1. The van der Waals surface area contributed by atoms with Crippen LogP contribution in [-0.2, 0) is 43.9 Å². The van der Waals surface area contributed by atoms with E-state index in [2.05, 4.69) is 17.0 Å². The predicted octanol–water partition coefficient (Wildman–Crippen LogP) is 12.8. The minimum Gasteiger partial charge on any atom is -0.402 e. The largest absolute Gasteiger partial charge is 0.530 e. The molecule has 2 N–H and O–H groups in total. The highest BCUT2D eigenvalue weighted by Gasteiger charge is 2.62. The van der Waals surface area contributed by atoms with Gasteiger partial charge in [-0.25, -0.2) is 18.5 Å². The number of nitrogens with zero attached hydrogens (tertiary/aromatic N) is 4. The molecule has 6 rings (SSSR count). The van der Waals surface area contributed by atoms with Crippen molar-refractivity contribution in [2.45, 2.75) is 179 Å². The van der Waals surface area contributed by atoms with Crippen LogP contribution in [0.25, 0.3) is 5.52 Å². The highest BCUT2D eigenvalue weighted by molar-refractivity contribution is 7.49. The smallest absolute Gasteiger partial charge is 0.402 e. The van der Waals surface area contributed by atoms with E-state index < -0.39 is 48.9 Å². The first-order valence-electron chi connectivity index (χ1n) is 24.5. The van der Waals surface area contributed by atoms with Crippen molar-refractivity contribution in [2.24, 2.45) is 0 Å². The van der Waals surface area contributed by atoms with Gasteiger partial charge in [0.05, 0.1) is 48.8 Å². The van der Waals surface area contributed by atoms with Crippen molar-refractivity contribution in [1.29, 1.82) is 5.26 Å². The highest BCUT2D eigenvalue weighted by Crippen LogP contribution is 2.55. The van der Waals surface area contributed by atoms with Gasteiger partial charge in [0.1, 0.15) is 52.9 Å². The van der Waals surface area contributed by atoms with Crippen LogP contribution in [0.4, 0.5) is 10.2 Å². The molecule has 68 heavy (non-hydrogen) atoms. The van der Waals surface area contributed by atoms with E-state index in [1.165, 1.54) is 95.9 Å². The topological polar surface area (TPSA) is 171 Å². The Hall–Kier alpha value is -3.68. The van der Waals surface area contributed by atoms with Crippen molar-refractivity contribution in [3.8, 4) is 11.8 Å². The molecule has 0 spiro atoms. The first-order chi connectivity index (χ1) is 32.7. The van der Waals surface area contributed by atoms with Gasteiger partial charge < -0.3 is 33.9 Å². The summed E-state index contributed by atoms with van der Waals surface area (Å²) in [5, 5.41) is 14.1. The predicted molar refractivity (Wildman–Crippen MR) is 260 cm³/mol.